The minimum Gasteiger partial charge on any atom is -0.350 e. The summed E-state index contributed by atoms with van der Waals surface area (Å²) in [4.78, 5) is 10.4. The van der Waals surface area contributed by atoms with E-state index < -0.39 is 6.03 Å². The molecule has 0 radical (unpaired) electrons. The van der Waals surface area contributed by atoms with Gasteiger partial charge in [0, 0.05) is 5.71 Å². The van der Waals surface area contributed by atoms with E-state index in [1.807, 2.05) is 6.92 Å². The van der Waals surface area contributed by atoms with Crippen molar-refractivity contribution in [3.63, 3.8) is 0 Å². The molecule has 1 atom stereocenters. The van der Waals surface area contributed by atoms with Gasteiger partial charge in [0.15, 0.2) is 0 Å². The number of nitrogens with zero attached hydrogens (tertiary/aromatic N) is 1. The number of primary amides is 1. The number of carbonyl (C=O) groups excluding carboxylic acids is 1. The fraction of sp³-hybridized carbons (Fsp3) is 0.778. The smallest absolute Gasteiger partial charge is 0.332 e. The number of carbonyl (C=O) groups is 1. The number of nitrogens with two attached hydrogens (primary N) is 1. The van der Waals surface area contributed by atoms with Gasteiger partial charge in [-0.05, 0) is 18.8 Å². The van der Waals surface area contributed by atoms with Gasteiger partial charge in [0.25, 0.3) is 0 Å². The Balaban J connectivity index is 4.00. The van der Waals surface area contributed by atoms with Crippen molar-refractivity contribution in [1.82, 2.24) is 5.43 Å². The van der Waals surface area contributed by atoms with Crippen molar-refractivity contribution in [1.29, 1.82) is 0 Å². The van der Waals surface area contributed by atoms with Gasteiger partial charge in [-0.3, -0.25) is 0 Å². The maximum Gasteiger partial charge on any atom is 0.332 e. The number of urea groups is 1. The molecule has 0 heterocycles. The van der Waals surface area contributed by atoms with Crippen LogP contribution in [0.2, 0.25) is 0 Å². The molecule has 3 N–H and O–H groups in total. The van der Waals surface area contributed by atoms with Gasteiger partial charge < -0.3 is 5.73 Å². The second-order valence-electron chi connectivity index (χ2n) is 3.23. The molecular weight excluding hydrogens is 166 g/mol. The molecule has 0 aliphatic carbocycles. The van der Waals surface area contributed by atoms with Gasteiger partial charge in [0.05, 0.1) is 0 Å². The second-order valence-corrected chi connectivity index (χ2v) is 3.23. The highest BCUT2D eigenvalue weighted by molar-refractivity contribution is 5.85. The molecule has 0 aliphatic rings. The summed E-state index contributed by atoms with van der Waals surface area (Å²) in [6, 6.07) is -0.602. The Morgan fingerprint density at radius 2 is 2.15 bits per heavy atom. The standard InChI is InChI=1S/C9H19N3O/c1-4-7(3)6-8(5-2)11-12-9(10)13/h7H,4-6H2,1-3H3,(H3,10,12,13). The van der Waals surface area contributed by atoms with E-state index >= 15 is 0 Å². The van der Waals surface area contributed by atoms with Gasteiger partial charge in [-0.15, -0.1) is 0 Å². The Morgan fingerprint density at radius 3 is 2.54 bits per heavy atom. The third kappa shape index (κ3) is 6.13. The van der Waals surface area contributed by atoms with E-state index in [1.165, 1.54) is 0 Å². The van der Waals surface area contributed by atoms with Crippen molar-refractivity contribution >= 4 is 11.7 Å². The summed E-state index contributed by atoms with van der Waals surface area (Å²) < 4.78 is 0. The number of nitrogens with one attached hydrogen (secondary N) is 1. The molecule has 0 saturated heterocycles. The van der Waals surface area contributed by atoms with Gasteiger partial charge >= 0.3 is 6.03 Å². The molecule has 0 aromatic carbocycles. The first-order chi connectivity index (χ1) is 6.10. The predicted molar refractivity (Wildman–Crippen MR) is 54.5 cm³/mol. The van der Waals surface area contributed by atoms with Crippen molar-refractivity contribution in [2.75, 3.05) is 0 Å². The van der Waals surface area contributed by atoms with Crippen LogP contribution >= 0.6 is 0 Å². The highest BCUT2D eigenvalue weighted by Gasteiger charge is 2.03. The van der Waals surface area contributed by atoms with E-state index in [2.05, 4.69) is 24.4 Å². The van der Waals surface area contributed by atoms with E-state index in [1.54, 1.807) is 0 Å². The molecule has 4 heteroatoms. The molecule has 0 aromatic heterocycles. The van der Waals surface area contributed by atoms with Gasteiger partial charge in [-0.2, -0.15) is 5.10 Å². The Morgan fingerprint density at radius 1 is 1.54 bits per heavy atom. The first-order valence-electron chi connectivity index (χ1n) is 4.71. The SMILES string of the molecule is CCC(CC(C)CC)=NNC(N)=O. The van der Waals surface area contributed by atoms with E-state index in [0.717, 1.165) is 25.0 Å². The van der Waals surface area contributed by atoms with Crippen LogP contribution in [-0.2, 0) is 0 Å². The number of hydrazone groups is 1. The average molecular weight is 185 g/mol. The zero-order chi connectivity index (χ0) is 10.3. The Hall–Kier alpha value is -1.06. The van der Waals surface area contributed by atoms with Crippen molar-refractivity contribution in [2.45, 2.75) is 40.0 Å². The van der Waals surface area contributed by atoms with Crippen LogP contribution in [0.5, 0.6) is 0 Å². The molecule has 76 valence electrons. The second kappa shape index (κ2) is 6.46. The molecular formula is C9H19N3O. The molecule has 2 amide bonds. The number of hydrogen-bond acceptors (Lipinski definition) is 2. The first-order valence-corrected chi connectivity index (χ1v) is 4.71. The third-order valence-electron chi connectivity index (χ3n) is 2.01. The number of hydrogen-bond donors (Lipinski definition) is 2. The van der Waals surface area contributed by atoms with Crippen LogP contribution in [0.1, 0.15) is 40.0 Å². The minimum atomic E-state index is -0.602. The van der Waals surface area contributed by atoms with E-state index in [0.29, 0.717) is 5.92 Å². The lowest BCUT2D eigenvalue weighted by Gasteiger charge is -2.09. The predicted octanol–water partition coefficient (Wildman–Crippen LogP) is 1.86. The molecule has 0 aromatic rings. The van der Waals surface area contributed by atoms with E-state index in [9.17, 15) is 4.79 Å². The summed E-state index contributed by atoms with van der Waals surface area (Å²) >= 11 is 0. The number of amides is 2. The maximum absolute atomic E-state index is 10.4. The molecule has 13 heavy (non-hydrogen) atoms. The van der Waals surface area contributed by atoms with Gasteiger partial charge in [-0.25, -0.2) is 10.2 Å². The van der Waals surface area contributed by atoms with Crippen LogP contribution in [0, 0.1) is 5.92 Å². The lowest BCUT2D eigenvalue weighted by molar-refractivity contribution is 0.249. The zero-order valence-corrected chi connectivity index (χ0v) is 8.63. The molecule has 4 nitrogen and oxygen atoms in total. The maximum atomic E-state index is 10.4. The van der Waals surface area contributed by atoms with Crippen molar-refractivity contribution in [2.24, 2.45) is 16.8 Å². The average Bonchev–Trinajstić information content (AvgIpc) is 2.11. The largest absolute Gasteiger partial charge is 0.350 e. The molecule has 0 spiro atoms. The van der Waals surface area contributed by atoms with Crippen LogP contribution < -0.4 is 11.2 Å². The zero-order valence-electron chi connectivity index (χ0n) is 8.63. The molecule has 0 fully saturated rings. The first kappa shape index (κ1) is 11.9. The summed E-state index contributed by atoms with van der Waals surface area (Å²) in [5, 5.41) is 3.92. The highest BCUT2D eigenvalue weighted by Crippen LogP contribution is 2.08. The van der Waals surface area contributed by atoms with Crippen LogP contribution in [-0.4, -0.2) is 11.7 Å². The summed E-state index contributed by atoms with van der Waals surface area (Å²) in [7, 11) is 0. The normalized spacial score (nSPS) is 13.9. The molecule has 0 aliphatic heterocycles. The summed E-state index contributed by atoms with van der Waals surface area (Å²) in [6.45, 7) is 6.32. The summed E-state index contributed by atoms with van der Waals surface area (Å²) in [5.74, 6) is 0.605. The molecule has 1 unspecified atom stereocenters. The molecule has 0 bridgehead atoms. The Kier molecular flexibility index (Phi) is 5.93. The summed E-state index contributed by atoms with van der Waals surface area (Å²) in [6.07, 6.45) is 2.90. The van der Waals surface area contributed by atoms with Crippen molar-refractivity contribution < 1.29 is 4.79 Å². The summed E-state index contributed by atoms with van der Waals surface area (Å²) in [5.41, 5.74) is 8.15. The molecule has 0 saturated carbocycles. The number of rotatable bonds is 5. The topological polar surface area (TPSA) is 67.5 Å². The lowest BCUT2D eigenvalue weighted by atomic mass is 10.0. The van der Waals surface area contributed by atoms with Crippen LogP contribution in [0.4, 0.5) is 4.79 Å². The van der Waals surface area contributed by atoms with Gasteiger partial charge in [0.1, 0.15) is 0 Å². The van der Waals surface area contributed by atoms with Crippen molar-refractivity contribution in [3.8, 4) is 0 Å². The Bertz CT molecular complexity index is 189. The fourth-order valence-electron chi connectivity index (χ4n) is 0.950. The molecule has 0 rings (SSSR count). The fourth-order valence-corrected chi connectivity index (χ4v) is 0.950. The highest BCUT2D eigenvalue weighted by atomic mass is 16.2. The van der Waals surface area contributed by atoms with Crippen LogP contribution in [0.25, 0.3) is 0 Å². The van der Waals surface area contributed by atoms with Crippen LogP contribution in [0.3, 0.4) is 0 Å². The Labute approximate surface area is 79.6 Å². The third-order valence-corrected chi connectivity index (χ3v) is 2.01. The van der Waals surface area contributed by atoms with Gasteiger partial charge in [-0.1, -0.05) is 27.2 Å². The minimum absolute atomic E-state index is 0.602. The lowest BCUT2D eigenvalue weighted by Crippen LogP contribution is -2.26. The quantitative estimate of drug-likeness (QED) is 0.498. The van der Waals surface area contributed by atoms with Gasteiger partial charge in [0.2, 0.25) is 0 Å². The monoisotopic (exact) mass is 185 g/mol. The van der Waals surface area contributed by atoms with Crippen molar-refractivity contribution in [3.05, 3.63) is 0 Å². The van der Waals surface area contributed by atoms with Crippen LogP contribution in [0.15, 0.2) is 5.10 Å². The van der Waals surface area contributed by atoms with E-state index in [4.69, 9.17) is 5.73 Å². The van der Waals surface area contributed by atoms with E-state index in [-0.39, 0.29) is 0 Å².